The number of hydrazone groups is 1. The number of rotatable bonds is 4. The smallest absolute Gasteiger partial charge is 0.276 e. The highest BCUT2D eigenvalue weighted by molar-refractivity contribution is 7.89. The van der Waals surface area contributed by atoms with Crippen molar-refractivity contribution in [3.63, 3.8) is 0 Å². The highest BCUT2D eigenvalue weighted by Gasteiger charge is 2.11. The molecule has 0 atom stereocenters. The second-order valence-electron chi connectivity index (χ2n) is 4.96. The molecule has 6 heteroatoms. The first-order chi connectivity index (χ1) is 10.6. The molecule has 0 fully saturated rings. The zero-order valence-corrected chi connectivity index (χ0v) is 12.8. The minimum atomic E-state index is -3.63. The van der Waals surface area contributed by atoms with Crippen molar-refractivity contribution in [1.29, 1.82) is 0 Å². The molecule has 0 aliphatic carbocycles. The Morgan fingerprint density at radius 2 is 1.91 bits per heavy atom. The van der Waals surface area contributed by atoms with Crippen LogP contribution in [0.1, 0.15) is 11.1 Å². The Hall–Kier alpha value is -2.60. The van der Waals surface area contributed by atoms with Crippen LogP contribution in [-0.2, 0) is 10.0 Å². The zero-order chi connectivity index (χ0) is 15.6. The minimum Gasteiger partial charge on any atom is -0.361 e. The molecule has 0 unspecified atom stereocenters. The monoisotopic (exact) mass is 313 g/mol. The number of H-pyrrole nitrogens is 1. The average molecular weight is 313 g/mol. The third kappa shape index (κ3) is 2.87. The summed E-state index contributed by atoms with van der Waals surface area (Å²) in [6.07, 6.45) is 3.29. The van der Waals surface area contributed by atoms with Gasteiger partial charge in [-0.15, -0.1) is 0 Å². The number of hydrogen-bond acceptors (Lipinski definition) is 3. The summed E-state index contributed by atoms with van der Waals surface area (Å²) >= 11 is 0. The molecule has 22 heavy (non-hydrogen) atoms. The quantitative estimate of drug-likeness (QED) is 0.574. The van der Waals surface area contributed by atoms with E-state index in [9.17, 15) is 8.42 Å². The summed E-state index contributed by atoms with van der Waals surface area (Å²) < 4.78 is 24.1. The first-order valence-electron chi connectivity index (χ1n) is 6.74. The van der Waals surface area contributed by atoms with Gasteiger partial charge in [-0.25, -0.2) is 4.83 Å². The van der Waals surface area contributed by atoms with Gasteiger partial charge >= 0.3 is 0 Å². The molecule has 2 aromatic carbocycles. The lowest BCUT2D eigenvalue weighted by Crippen LogP contribution is -2.18. The number of aromatic amines is 1. The predicted octanol–water partition coefficient (Wildman–Crippen LogP) is 2.79. The van der Waals surface area contributed by atoms with Crippen molar-refractivity contribution in [2.45, 2.75) is 11.8 Å². The Morgan fingerprint density at radius 3 is 2.68 bits per heavy atom. The van der Waals surface area contributed by atoms with Crippen LogP contribution < -0.4 is 4.83 Å². The van der Waals surface area contributed by atoms with E-state index in [1.165, 1.54) is 18.3 Å². The van der Waals surface area contributed by atoms with Crippen LogP contribution in [0.25, 0.3) is 10.9 Å². The minimum absolute atomic E-state index is 0.182. The average Bonchev–Trinajstić information content (AvgIpc) is 2.90. The summed E-state index contributed by atoms with van der Waals surface area (Å²) in [4.78, 5) is 5.53. The first kappa shape index (κ1) is 14.3. The van der Waals surface area contributed by atoms with Crippen LogP contribution >= 0.6 is 0 Å². The maximum atomic E-state index is 12.0. The Bertz CT molecular complexity index is 928. The summed E-state index contributed by atoms with van der Waals surface area (Å²) in [6.45, 7) is 2.01. The Kier molecular flexibility index (Phi) is 3.68. The summed E-state index contributed by atoms with van der Waals surface area (Å²) in [5.41, 5.74) is 2.94. The van der Waals surface area contributed by atoms with E-state index in [0.717, 1.165) is 22.0 Å². The van der Waals surface area contributed by atoms with E-state index in [1.807, 2.05) is 25.1 Å². The van der Waals surface area contributed by atoms with E-state index in [0.29, 0.717) is 0 Å². The molecular weight excluding hydrogens is 298 g/mol. The van der Waals surface area contributed by atoms with Gasteiger partial charge in [0.05, 0.1) is 11.1 Å². The van der Waals surface area contributed by atoms with E-state index >= 15 is 0 Å². The molecule has 3 rings (SSSR count). The molecule has 5 nitrogen and oxygen atoms in total. The topological polar surface area (TPSA) is 74.3 Å². The molecule has 0 aliphatic heterocycles. The highest BCUT2D eigenvalue weighted by Crippen LogP contribution is 2.18. The Labute approximate surface area is 128 Å². The number of aromatic nitrogens is 1. The molecule has 0 bridgehead atoms. The highest BCUT2D eigenvalue weighted by atomic mass is 32.2. The number of nitrogens with zero attached hydrogens (tertiary/aromatic N) is 1. The van der Waals surface area contributed by atoms with Gasteiger partial charge < -0.3 is 4.98 Å². The number of aryl methyl sites for hydroxylation is 1. The fourth-order valence-electron chi connectivity index (χ4n) is 2.18. The summed E-state index contributed by atoms with van der Waals surface area (Å²) in [6, 6.07) is 14.2. The van der Waals surface area contributed by atoms with Crippen molar-refractivity contribution in [2.75, 3.05) is 0 Å². The molecule has 3 aromatic rings. The SMILES string of the molecule is Cc1ccc2[nH]cc(/C=N/NS(=O)(=O)c3ccccc3)c2c1. The van der Waals surface area contributed by atoms with Crippen LogP contribution in [0.5, 0.6) is 0 Å². The van der Waals surface area contributed by atoms with Crippen molar-refractivity contribution >= 4 is 27.1 Å². The number of hydrogen-bond donors (Lipinski definition) is 2. The van der Waals surface area contributed by atoms with E-state index in [4.69, 9.17) is 0 Å². The van der Waals surface area contributed by atoms with Crippen LogP contribution in [0.3, 0.4) is 0 Å². The summed E-state index contributed by atoms with van der Waals surface area (Å²) in [7, 11) is -3.63. The molecule has 2 N–H and O–H groups in total. The standard InChI is InChI=1S/C16H15N3O2S/c1-12-7-8-16-15(9-12)13(10-17-16)11-18-19-22(20,21)14-5-3-2-4-6-14/h2-11,17,19H,1H3/b18-11+. The van der Waals surface area contributed by atoms with Crippen LogP contribution in [0.2, 0.25) is 0 Å². The van der Waals surface area contributed by atoms with Gasteiger partial charge in [-0.2, -0.15) is 13.5 Å². The van der Waals surface area contributed by atoms with Crippen molar-refractivity contribution in [2.24, 2.45) is 5.10 Å². The van der Waals surface area contributed by atoms with Gasteiger partial charge in [0.2, 0.25) is 0 Å². The summed E-state index contributed by atoms with van der Waals surface area (Å²) in [5.74, 6) is 0. The number of nitrogens with one attached hydrogen (secondary N) is 2. The van der Waals surface area contributed by atoms with E-state index in [2.05, 4.69) is 14.9 Å². The van der Waals surface area contributed by atoms with Crippen LogP contribution in [0.4, 0.5) is 0 Å². The van der Waals surface area contributed by atoms with E-state index in [1.54, 1.807) is 24.4 Å². The van der Waals surface area contributed by atoms with Crippen LogP contribution in [0.15, 0.2) is 64.7 Å². The van der Waals surface area contributed by atoms with Gasteiger partial charge in [0.15, 0.2) is 0 Å². The van der Waals surface area contributed by atoms with Gasteiger partial charge in [-0.05, 0) is 31.2 Å². The third-order valence-corrected chi connectivity index (χ3v) is 4.54. The Morgan fingerprint density at radius 1 is 1.14 bits per heavy atom. The van der Waals surface area contributed by atoms with Crippen molar-refractivity contribution in [1.82, 2.24) is 9.82 Å². The molecule has 0 saturated heterocycles. The second-order valence-corrected chi connectivity index (χ2v) is 6.62. The fraction of sp³-hybridized carbons (Fsp3) is 0.0625. The van der Waals surface area contributed by atoms with Gasteiger partial charge in [0, 0.05) is 22.7 Å². The first-order valence-corrected chi connectivity index (χ1v) is 8.22. The maximum absolute atomic E-state index is 12.0. The maximum Gasteiger partial charge on any atom is 0.276 e. The number of benzene rings is 2. The lowest BCUT2D eigenvalue weighted by atomic mass is 10.1. The predicted molar refractivity (Wildman–Crippen MR) is 87.4 cm³/mol. The van der Waals surface area contributed by atoms with Gasteiger partial charge in [0.25, 0.3) is 10.0 Å². The van der Waals surface area contributed by atoms with E-state index in [-0.39, 0.29) is 4.90 Å². The molecule has 0 radical (unpaired) electrons. The van der Waals surface area contributed by atoms with Gasteiger partial charge in [0.1, 0.15) is 0 Å². The molecule has 0 aliphatic rings. The number of sulfonamides is 1. The summed E-state index contributed by atoms with van der Waals surface area (Å²) in [5, 5.41) is 4.86. The normalized spacial score (nSPS) is 12.0. The molecule has 0 spiro atoms. The third-order valence-electron chi connectivity index (χ3n) is 3.30. The van der Waals surface area contributed by atoms with Gasteiger partial charge in [-0.3, -0.25) is 0 Å². The van der Waals surface area contributed by atoms with Crippen molar-refractivity contribution in [3.8, 4) is 0 Å². The lowest BCUT2D eigenvalue weighted by molar-refractivity contribution is 0.584. The molecule has 112 valence electrons. The molecular formula is C16H15N3O2S. The van der Waals surface area contributed by atoms with Crippen molar-refractivity contribution in [3.05, 3.63) is 65.9 Å². The van der Waals surface area contributed by atoms with Crippen LogP contribution in [0, 0.1) is 6.92 Å². The van der Waals surface area contributed by atoms with E-state index < -0.39 is 10.0 Å². The van der Waals surface area contributed by atoms with Gasteiger partial charge in [-0.1, -0.05) is 29.8 Å². The zero-order valence-electron chi connectivity index (χ0n) is 11.9. The largest absolute Gasteiger partial charge is 0.361 e. The fourth-order valence-corrected chi connectivity index (χ4v) is 2.99. The Balaban J connectivity index is 1.84. The molecule has 1 heterocycles. The molecule has 0 saturated carbocycles. The second kappa shape index (κ2) is 5.65. The molecule has 0 amide bonds. The lowest BCUT2D eigenvalue weighted by Gasteiger charge is -2.02. The van der Waals surface area contributed by atoms with Crippen LogP contribution in [-0.4, -0.2) is 19.6 Å². The number of fused-ring (bicyclic) bond motifs is 1. The van der Waals surface area contributed by atoms with Crippen molar-refractivity contribution < 1.29 is 8.42 Å². The molecule has 1 aromatic heterocycles.